The molecule has 2 nitrogen and oxygen atoms in total. The zero-order chi connectivity index (χ0) is 11.3. The highest BCUT2D eigenvalue weighted by atomic mass is 15.2. The van der Waals surface area contributed by atoms with Crippen LogP contribution in [0.2, 0.25) is 0 Å². The lowest BCUT2D eigenvalue weighted by molar-refractivity contribution is 0.199. The average molecular weight is 212 g/mol. The minimum absolute atomic E-state index is 0.653. The first-order chi connectivity index (χ1) is 7.15. The average Bonchev–Trinajstić information content (AvgIpc) is 2.69. The van der Waals surface area contributed by atoms with Gasteiger partial charge in [-0.05, 0) is 32.4 Å². The highest BCUT2D eigenvalue weighted by Crippen LogP contribution is 2.22. The molecule has 0 aromatic heterocycles. The molecule has 1 saturated carbocycles. The monoisotopic (exact) mass is 212 g/mol. The van der Waals surface area contributed by atoms with E-state index in [4.69, 9.17) is 0 Å². The van der Waals surface area contributed by atoms with Crippen molar-refractivity contribution in [1.29, 1.82) is 0 Å². The van der Waals surface area contributed by atoms with E-state index < -0.39 is 0 Å². The summed E-state index contributed by atoms with van der Waals surface area (Å²) in [6.45, 7) is 9.12. The molecule has 0 radical (unpaired) electrons. The molecule has 2 heteroatoms. The molecule has 0 aliphatic heterocycles. The molecule has 15 heavy (non-hydrogen) atoms. The van der Waals surface area contributed by atoms with Crippen LogP contribution >= 0.6 is 0 Å². The van der Waals surface area contributed by atoms with Crippen LogP contribution in [0, 0.1) is 5.92 Å². The molecular weight excluding hydrogens is 184 g/mol. The SMILES string of the molecule is CCNC(CN(C)C1CCCC1)C(C)C. The predicted molar refractivity (Wildman–Crippen MR) is 67.2 cm³/mol. The zero-order valence-corrected chi connectivity index (χ0v) is 10.9. The van der Waals surface area contributed by atoms with Gasteiger partial charge in [0.2, 0.25) is 0 Å². The van der Waals surface area contributed by atoms with E-state index >= 15 is 0 Å². The lowest BCUT2D eigenvalue weighted by Crippen LogP contribution is -2.45. The summed E-state index contributed by atoms with van der Waals surface area (Å²) in [6.07, 6.45) is 5.69. The Balaban J connectivity index is 2.35. The molecule has 1 unspecified atom stereocenters. The molecule has 1 aliphatic rings. The van der Waals surface area contributed by atoms with E-state index in [1.807, 2.05) is 0 Å². The summed E-state index contributed by atoms with van der Waals surface area (Å²) in [5, 5.41) is 3.59. The van der Waals surface area contributed by atoms with Crippen LogP contribution in [0.1, 0.15) is 46.5 Å². The fraction of sp³-hybridized carbons (Fsp3) is 1.00. The zero-order valence-electron chi connectivity index (χ0n) is 10.9. The van der Waals surface area contributed by atoms with Gasteiger partial charge in [0.25, 0.3) is 0 Å². The minimum Gasteiger partial charge on any atom is -0.313 e. The van der Waals surface area contributed by atoms with Gasteiger partial charge in [0.1, 0.15) is 0 Å². The van der Waals surface area contributed by atoms with Crippen LogP contribution in [0.25, 0.3) is 0 Å². The fourth-order valence-corrected chi connectivity index (χ4v) is 2.58. The Kier molecular flexibility index (Phi) is 5.62. The summed E-state index contributed by atoms with van der Waals surface area (Å²) in [5.41, 5.74) is 0. The Labute approximate surface area is 95.4 Å². The molecule has 1 fully saturated rings. The van der Waals surface area contributed by atoms with E-state index in [0.717, 1.165) is 18.5 Å². The third-order valence-electron chi connectivity index (χ3n) is 3.70. The molecule has 0 aromatic rings. The van der Waals surface area contributed by atoms with Crippen molar-refractivity contribution >= 4 is 0 Å². The van der Waals surface area contributed by atoms with Crippen molar-refractivity contribution in [2.45, 2.75) is 58.5 Å². The van der Waals surface area contributed by atoms with Gasteiger partial charge < -0.3 is 10.2 Å². The van der Waals surface area contributed by atoms with E-state index in [2.05, 4.69) is 38.0 Å². The van der Waals surface area contributed by atoms with Crippen molar-refractivity contribution in [3.8, 4) is 0 Å². The van der Waals surface area contributed by atoms with Gasteiger partial charge in [-0.3, -0.25) is 0 Å². The van der Waals surface area contributed by atoms with Crippen molar-refractivity contribution in [3.63, 3.8) is 0 Å². The number of nitrogens with one attached hydrogen (secondary N) is 1. The van der Waals surface area contributed by atoms with Crippen LogP contribution in [-0.4, -0.2) is 37.1 Å². The van der Waals surface area contributed by atoms with Crippen molar-refractivity contribution in [2.75, 3.05) is 20.1 Å². The minimum atomic E-state index is 0.653. The Hall–Kier alpha value is -0.0800. The molecule has 1 N–H and O–H groups in total. The van der Waals surface area contributed by atoms with Crippen LogP contribution in [0.15, 0.2) is 0 Å². The number of likely N-dealkylation sites (N-methyl/N-ethyl adjacent to an activating group) is 2. The van der Waals surface area contributed by atoms with Gasteiger partial charge in [0, 0.05) is 18.6 Å². The first kappa shape index (κ1) is 13.0. The molecule has 0 heterocycles. The van der Waals surface area contributed by atoms with Gasteiger partial charge >= 0.3 is 0 Å². The first-order valence-electron chi connectivity index (χ1n) is 6.58. The number of nitrogens with zero attached hydrogens (tertiary/aromatic N) is 1. The first-order valence-corrected chi connectivity index (χ1v) is 6.58. The van der Waals surface area contributed by atoms with E-state index in [1.54, 1.807) is 0 Å². The Morgan fingerprint density at radius 3 is 2.33 bits per heavy atom. The molecule has 1 aliphatic carbocycles. The number of rotatable bonds is 6. The Morgan fingerprint density at radius 2 is 1.87 bits per heavy atom. The largest absolute Gasteiger partial charge is 0.313 e. The molecule has 0 bridgehead atoms. The smallest absolute Gasteiger partial charge is 0.0217 e. The third-order valence-corrected chi connectivity index (χ3v) is 3.70. The van der Waals surface area contributed by atoms with Gasteiger partial charge in [-0.25, -0.2) is 0 Å². The highest BCUT2D eigenvalue weighted by molar-refractivity contribution is 4.80. The van der Waals surface area contributed by atoms with Crippen LogP contribution in [-0.2, 0) is 0 Å². The second-order valence-electron chi connectivity index (χ2n) is 5.29. The molecule has 0 amide bonds. The second kappa shape index (κ2) is 6.49. The van der Waals surface area contributed by atoms with Crippen LogP contribution in [0.5, 0.6) is 0 Å². The summed E-state index contributed by atoms with van der Waals surface area (Å²) in [5.74, 6) is 0.730. The fourth-order valence-electron chi connectivity index (χ4n) is 2.58. The van der Waals surface area contributed by atoms with Gasteiger partial charge in [-0.2, -0.15) is 0 Å². The quantitative estimate of drug-likeness (QED) is 0.728. The standard InChI is InChI=1S/C13H28N2/c1-5-14-13(11(2)3)10-15(4)12-8-6-7-9-12/h11-14H,5-10H2,1-4H3. The summed E-state index contributed by atoms with van der Waals surface area (Å²) in [7, 11) is 2.29. The Bertz CT molecular complexity index is 162. The predicted octanol–water partition coefficient (Wildman–Crippen LogP) is 2.49. The third kappa shape index (κ3) is 4.12. The summed E-state index contributed by atoms with van der Waals surface area (Å²) in [6, 6.07) is 1.51. The molecule has 0 saturated heterocycles. The molecule has 1 atom stereocenters. The maximum Gasteiger partial charge on any atom is 0.0217 e. The van der Waals surface area contributed by atoms with Crippen molar-refractivity contribution in [3.05, 3.63) is 0 Å². The van der Waals surface area contributed by atoms with Gasteiger partial charge in [0.15, 0.2) is 0 Å². The molecule has 0 aromatic carbocycles. The normalized spacial score (nSPS) is 20.4. The van der Waals surface area contributed by atoms with Gasteiger partial charge in [-0.1, -0.05) is 33.6 Å². The summed E-state index contributed by atoms with van der Waals surface area (Å²) < 4.78 is 0. The van der Waals surface area contributed by atoms with E-state index in [1.165, 1.54) is 32.2 Å². The molecule has 1 rings (SSSR count). The van der Waals surface area contributed by atoms with Crippen LogP contribution in [0.4, 0.5) is 0 Å². The summed E-state index contributed by atoms with van der Waals surface area (Å²) >= 11 is 0. The van der Waals surface area contributed by atoms with E-state index in [9.17, 15) is 0 Å². The topological polar surface area (TPSA) is 15.3 Å². The maximum absolute atomic E-state index is 3.59. The lowest BCUT2D eigenvalue weighted by Gasteiger charge is -2.31. The van der Waals surface area contributed by atoms with Crippen LogP contribution < -0.4 is 5.32 Å². The highest BCUT2D eigenvalue weighted by Gasteiger charge is 2.22. The Morgan fingerprint density at radius 1 is 1.27 bits per heavy atom. The van der Waals surface area contributed by atoms with Crippen molar-refractivity contribution in [2.24, 2.45) is 5.92 Å². The number of hydrogen-bond donors (Lipinski definition) is 1. The van der Waals surface area contributed by atoms with Gasteiger partial charge in [-0.15, -0.1) is 0 Å². The van der Waals surface area contributed by atoms with E-state index in [-0.39, 0.29) is 0 Å². The number of hydrogen-bond acceptors (Lipinski definition) is 2. The molecular formula is C13H28N2. The van der Waals surface area contributed by atoms with E-state index in [0.29, 0.717) is 6.04 Å². The van der Waals surface area contributed by atoms with Crippen molar-refractivity contribution < 1.29 is 0 Å². The van der Waals surface area contributed by atoms with Crippen molar-refractivity contribution in [1.82, 2.24) is 10.2 Å². The molecule has 90 valence electrons. The molecule has 0 spiro atoms. The van der Waals surface area contributed by atoms with Gasteiger partial charge in [0.05, 0.1) is 0 Å². The van der Waals surface area contributed by atoms with Crippen LogP contribution in [0.3, 0.4) is 0 Å². The second-order valence-corrected chi connectivity index (χ2v) is 5.29. The lowest BCUT2D eigenvalue weighted by atomic mass is 10.0. The maximum atomic E-state index is 3.59. The summed E-state index contributed by atoms with van der Waals surface area (Å²) in [4.78, 5) is 2.57.